The number of piperidine rings is 2. The van der Waals surface area contributed by atoms with Gasteiger partial charge in [0.05, 0.1) is 11.6 Å². The standard InChI is InChI=1S/C29H35N5O2/c1-20-4-7-26(18-28(20)32-29(36)31-27-12-16-34(17-13-27)22(3)35)21(2)33-14-10-25(11-15-33)24-8-5-23(19-30)6-9-24/h4-9,18,25,27H,2,10-17H2,1,3H3,(H2,31,32,36). The molecule has 7 nitrogen and oxygen atoms in total. The Labute approximate surface area is 213 Å². The predicted molar refractivity (Wildman–Crippen MR) is 142 cm³/mol. The molecule has 7 heteroatoms. The number of benzene rings is 2. The molecule has 2 aliphatic heterocycles. The van der Waals surface area contributed by atoms with E-state index in [4.69, 9.17) is 5.26 Å². The Morgan fingerprint density at radius 1 is 0.972 bits per heavy atom. The fraction of sp³-hybridized carbons (Fsp3) is 0.414. The third-order valence-electron chi connectivity index (χ3n) is 7.48. The first-order chi connectivity index (χ1) is 17.3. The van der Waals surface area contributed by atoms with E-state index >= 15 is 0 Å². The lowest BCUT2D eigenvalue weighted by Gasteiger charge is -2.35. The highest BCUT2D eigenvalue weighted by atomic mass is 16.2. The molecule has 188 valence electrons. The quantitative estimate of drug-likeness (QED) is 0.634. The third-order valence-corrected chi connectivity index (χ3v) is 7.48. The topological polar surface area (TPSA) is 88.5 Å². The molecule has 0 radical (unpaired) electrons. The molecule has 36 heavy (non-hydrogen) atoms. The molecule has 2 saturated heterocycles. The number of anilines is 1. The summed E-state index contributed by atoms with van der Waals surface area (Å²) in [4.78, 5) is 28.3. The third kappa shape index (κ3) is 6.06. The average molecular weight is 486 g/mol. The van der Waals surface area contributed by atoms with Gasteiger partial charge in [-0.15, -0.1) is 0 Å². The number of hydrogen-bond acceptors (Lipinski definition) is 4. The summed E-state index contributed by atoms with van der Waals surface area (Å²) in [7, 11) is 0. The van der Waals surface area contributed by atoms with Crippen molar-refractivity contribution >= 4 is 23.3 Å². The lowest BCUT2D eigenvalue weighted by Crippen LogP contribution is -2.47. The molecule has 0 spiro atoms. The van der Waals surface area contributed by atoms with Gasteiger partial charge in [-0.05, 0) is 73.4 Å². The van der Waals surface area contributed by atoms with Crippen LogP contribution in [0, 0.1) is 18.3 Å². The van der Waals surface area contributed by atoms with E-state index in [1.807, 2.05) is 36.1 Å². The van der Waals surface area contributed by atoms with Crippen molar-refractivity contribution in [3.63, 3.8) is 0 Å². The Kier molecular flexibility index (Phi) is 7.94. The van der Waals surface area contributed by atoms with Crippen molar-refractivity contribution in [1.29, 1.82) is 5.26 Å². The van der Waals surface area contributed by atoms with Crippen LogP contribution >= 0.6 is 0 Å². The maximum Gasteiger partial charge on any atom is 0.319 e. The highest BCUT2D eigenvalue weighted by Crippen LogP contribution is 2.32. The Morgan fingerprint density at radius 2 is 1.61 bits per heavy atom. The molecule has 2 N–H and O–H groups in total. The molecule has 2 aromatic carbocycles. The molecule has 0 aliphatic carbocycles. The molecule has 0 saturated carbocycles. The maximum atomic E-state index is 12.7. The zero-order chi connectivity index (χ0) is 25.7. The summed E-state index contributed by atoms with van der Waals surface area (Å²) in [5.41, 5.74) is 5.72. The van der Waals surface area contributed by atoms with Crippen LogP contribution in [-0.4, -0.2) is 54.0 Å². The van der Waals surface area contributed by atoms with Crippen molar-refractivity contribution in [2.24, 2.45) is 0 Å². The van der Waals surface area contributed by atoms with Gasteiger partial charge in [0.15, 0.2) is 0 Å². The summed E-state index contributed by atoms with van der Waals surface area (Å²) in [5.74, 6) is 0.576. The molecule has 2 fully saturated rings. The van der Waals surface area contributed by atoms with Gasteiger partial charge in [0, 0.05) is 50.5 Å². The summed E-state index contributed by atoms with van der Waals surface area (Å²) in [6, 6.07) is 16.0. The maximum absolute atomic E-state index is 12.7. The SMILES string of the molecule is C=C(c1ccc(C)c(NC(=O)NC2CCN(C(C)=O)CC2)c1)N1CCC(c2ccc(C#N)cc2)CC1. The molecule has 3 amide bonds. The van der Waals surface area contributed by atoms with Gasteiger partial charge in [-0.3, -0.25) is 4.79 Å². The van der Waals surface area contributed by atoms with Gasteiger partial charge in [0.2, 0.25) is 5.91 Å². The molecule has 0 atom stereocenters. The largest absolute Gasteiger partial charge is 0.371 e. The van der Waals surface area contributed by atoms with E-state index in [2.05, 4.69) is 46.4 Å². The van der Waals surface area contributed by atoms with E-state index in [0.29, 0.717) is 24.6 Å². The number of nitrogens with zero attached hydrogens (tertiary/aromatic N) is 3. The number of hydrogen-bond donors (Lipinski definition) is 2. The van der Waals surface area contributed by atoms with Gasteiger partial charge in [-0.25, -0.2) is 4.79 Å². The summed E-state index contributed by atoms with van der Waals surface area (Å²) in [5, 5.41) is 15.1. The molecular formula is C29H35N5O2. The summed E-state index contributed by atoms with van der Waals surface area (Å²) in [6.07, 6.45) is 3.60. The molecule has 4 rings (SSSR count). The highest BCUT2D eigenvalue weighted by molar-refractivity contribution is 5.91. The van der Waals surface area contributed by atoms with Crippen LogP contribution < -0.4 is 10.6 Å². The van der Waals surface area contributed by atoms with Crippen LogP contribution in [0.2, 0.25) is 0 Å². The van der Waals surface area contributed by atoms with Crippen molar-refractivity contribution in [3.8, 4) is 6.07 Å². The molecule has 0 aromatic heterocycles. The minimum absolute atomic E-state index is 0.0662. The fourth-order valence-corrected chi connectivity index (χ4v) is 5.11. The van der Waals surface area contributed by atoms with Crippen molar-refractivity contribution in [2.75, 3.05) is 31.5 Å². The van der Waals surface area contributed by atoms with E-state index < -0.39 is 0 Å². The van der Waals surface area contributed by atoms with E-state index in [-0.39, 0.29) is 18.0 Å². The van der Waals surface area contributed by atoms with Gasteiger partial charge in [0.1, 0.15) is 0 Å². The second-order valence-electron chi connectivity index (χ2n) is 9.85. The first-order valence-corrected chi connectivity index (χ1v) is 12.7. The normalized spacial score (nSPS) is 16.8. The van der Waals surface area contributed by atoms with Crippen LogP contribution in [0.3, 0.4) is 0 Å². The summed E-state index contributed by atoms with van der Waals surface area (Å²) < 4.78 is 0. The van der Waals surface area contributed by atoms with Gasteiger partial charge in [0.25, 0.3) is 0 Å². The number of nitriles is 1. The van der Waals surface area contributed by atoms with Crippen molar-refractivity contribution in [2.45, 2.75) is 51.5 Å². The molecular weight excluding hydrogens is 450 g/mol. The Morgan fingerprint density at radius 3 is 2.22 bits per heavy atom. The highest BCUT2D eigenvalue weighted by Gasteiger charge is 2.24. The van der Waals surface area contributed by atoms with Gasteiger partial charge < -0.3 is 20.4 Å². The number of carbonyl (C=O) groups is 2. The number of amides is 3. The molecule has 2 heterocycles. The fourth-order valence-electron chi connectivity index (χ4n) is 5.11. The lowest BCUT2D eigenvalue weighted by atomic mass is 9.88. The number of rotatable bonds is 5. The van der Waals surface area contributed by atoms with Crippen molar-refractivity contribution in [3.05, 3.63) is 71.3 Å². The lowest BCUT2D eigenvalue weighted by molar-refractivity contribution is -0.129. The predicted octanol–water partition coefficient (Wildman–Crippen LogP) is 4.85. The molecule has 0 bridgehead atoms. The van der Waals surface area contributed by atoms with E-state index in [1.54, 1.807) is 6.92 Å². The first kappa shape index (κ1) is 25.3. The number of nitrogens with one attached hydrogen (secondary N) is 2. The molecule has 0 unspecified atom stereocenters. The van der Waals surface area contributed by atoms with Crippen LogP contribution in [0.25, 0.3) is 5.70 Å². The average Bonchev–Trinajstić information content (AvgIpc) is 2.90. The Balaban J connectivity index is 1.32. The second-order valence-corrected chi connectivity index (χ2v) is 9.85. The van der Waals surface area contributed by atoms with Gasteiger partial charge in [-0.2, -0.15) is 5.26 Å². The number of urea groups is 1. The Bertz CT molecular complexity index is 1150. The van der Waals surface area contributed by atoms with Crippen LogP contribution in [-0.2, 0) is 4.79 Å². The number of aryl methyl sites for hydroxylation is 1. The van der Waals surface area contributed by atoms with Crippen LogP contribution in [0.5, 0.6) is 0 Å². The van der Waals surface area contributed by atoms with E-state index in [0.717, 1.165) is 61.3 Å². The van der Waals surface area contributed by atoms with Gasteiger partial charge >= 0.3 is 6.03 Å². The van der Waals surface area contributed by atoms with E-state index in [1.165, 1.54) is 5.56 Å². The first-order valence-electron chi connectivity index (χ1n) is 12.7. The van der Waals surface area contributed by atoms with Crippen molar-refractivity contribution in [1.82, 2.24) is 15.1 Å². The summed E-state index contributed by atoms with van der Waals surface area (Å²) in [6.45, 7) is 11.1. The smallest absolute Gasteiger partial charge is 0.319 e. The minimum Gasteiger partial charge on any atom is -0.371 e. The number of carbonyl (C=O) groups excluding carboxylic acids is 2. The van der Waals surface area contributed by atoms with Crippen molar-refractivity contribution < 1.29 is 9.59 Å². The Hall–Kier alpha value is -3.79. The minimum atomic E-state index is -0.217. The van der Waals surface area contributed by atoms with Crippen LogP contribution in [0.4, 0.5) is 10.5 Å². The monoisotopic (exact) mass is 485 g/mol. The molecule has 2 aliphatic rings. The summed E-state index contributed by atoms with van der Waals surface area (Å²) >= 11 is 0. The zero-order valence-electron chi connectivity index (χ0n) is 21.2. The zero-order valence-corrected chi connectivity index (χ0v) is 21.2. The van der Waals surface area contributed by atoms with Crippen LogP contribution in [0.1, 0.15) is 60.8 Å². The van der Waals surface area contributed by atoms with Crippen LogP contribution in [0.15, 0.2) is 49.0 Å². The number of likely N-dealkylation sites (tertiary alicyclic amines) is 2. The molecule has 2 aromatic rings. The second kappa shape index (κ2) is 11.3. The van der Waals surface area contributed by atoms with Gasteiger partial charge in [-0.1, -0.05) is 30.8 Å². The van der Waals surface area contributed by atoms with E-state index in [9.17, 15) is 9.59 Å².